The Morgan fingerprint density at radius 2 is 2.18 bits per heavy atom. The van der Waals surface area contributed by atoms with Crippen molar-refractivity contribution in [2.45, 2.75) is 6.54 Å². The molecule has 0 saturated carbocycles. The number of carbonyl (C=O) groups excluding carboxylic acids is 1. The van der Waals surface area contributed by atoms with Gasteiger partial charge in [0.15, 0.2) is 0 Å². The van der Waals surface area contributed by atoms with E-state index in [4.69, 9.17) is 4.74 Å². The molecule has 0 aromatic carbocycles. The maximum Gasteiger partial charge on any atom is 0.270 e. The van der Waals surface area contributed by atoms with Crippen LogP contribution in [0.4, 0.5) is 5.82 Å². The van der Waals surface area contributed by atoms with Crippen molar-refractivity contribution < 1.29 is 9.53 Å². The summed E-state index contributed by atoms with van der Waals surface area (Å²) in [4.78, 5) is 26.6. The van der Waals surface area contributed by atoms with Crippen LogP contribution in [0.5, 0.6) is 0 Å². The quantitative estimate of drug-likeness (QED) is 0.892. The topological polar surface area (TPSA) is 80.2 Å². The van der Waals surface area contributed by atoms with Gasteiger partial charge in [-0.1, -0.05) is 6.07 Å². The van der Waals surface area contributed by atoms with E-state index in [1.807, 2.05) is 12.1 Å². The van der Waals surface area contributed by atoms with E-state index in [9.17, 15) is 4.79 Å². The van der Waals surface area contributed by atoms with Crippen molar-refractivity contribution in [2.24, 2.45) is 0 Å². The molecule has 0 bridgehead atoms. The number of morpholine rings is 1. The number of aromatic nitrogens is 3. The molecule has 3 heterocycles. The second-order valence-electron chi connectivity index (χ2n) is 4.90. The molecule has 2 aromatic heterocycles. The minimum Gasteiger partial charge on any atom is -0.378 e. The molecule has 0 spiro atoms. The van der Waals surface area contributed by atoms with Crippen LogP contribution >= 0.6 is 0 Å². The standard InChI is InChI=1S/C15H17N5O2/c21-15(17-10-12-2-1-3-16-9-12)13-8-14(19-11-18-13)20-4-6-22-7-5-20/h1-3,8-9,11H,4-7,10H2,(H,17,21). The van der Waals surface area contributed by atoms with Gasteiger partial charge < -0.3 is 15.0 Å². The van der Waals surface area contributed by atoms with Crippen LogP contribution in [-0.2, 0) is 11.3 Å². The Hall–Kier alpha value is -2.54. The molecular formula is C15H17N5O2. The Bertz CT molecular complexity index is 629. The fourth-order valence-electron chi connectivity index (χ4n) is 2.21. The molecule has 22 heavy (non-hydrogen) atoms. The van der Waals surface area contributed by atoms with Crippen LogP contribution < -0.4 is 10.2 Å². The first kappa shape index (κ1) is 14.4. The average molecular weight is 299 g/mol. The second-order valence-corrected chi connectivity index (χ2v) is 4.90. The Balaban J connectivity index is 1.64. The van der Waals surface area contributed by atoms with Gasteiger partial charge in [0.05, 0.1) is 13.2 Å². The predicted molar refractivity (Wildman–Crippen MR) is 80.5 cm³/mol. The first-order valence-electron chi connectivity index (χ1n) is 7.15. The van der Waals surface area contributed by atoms with Gasteiger partial charge in [-0.25, -0.2) is 9.97 Å². The lowest BCUT2D eigenvalue weighted by atomic mass is 10.2. The molecule has 1 N–H and O–H groups in total. The van der Waals surface area contributed by atoms with E-state index in [1.165, 1.54) is 6.33 Å². The number of anilines is 1. The molecule has 2 aromatic rings. The number of rotatable bonds is 4. The normalized spacial score (nSPS) is 14.6. The van der Waals surface area contributed by atoms with E-state index < -0.39 is 0 Å². The molecule has 0 unspecified atom stereocenters. The summed E-state index contributed by atoms with van der Waals surface area (Å²) in [6.45, 7) is 3.31. The third-order valence-corrected chi connectivity index (χ3v) is 3.40. The zero-order chi connectivity index (χ0) is 15.2. The number of carbonyl (C=O) groups is 1. The molecule has 1 amide bonds. The third-order valence-electron chi connectivity index (χ3n) is 3.40. The number of hydrogen-bond donors (Lipinski definition) is 1. The highest BCUT2D eigenvalue weighted by molar-refractivity contribution is 5.92. The van der Waals surface area contributed by atoms with Crippen molar-refractivity contribution in [3.8, 4) is 0 Å². The highest BCUT2D eigenvalue weighted by Gasteiger charge is 2.15. The van der Waals surface area contributed by atoms with Crippen LogP contribution in [0.25, 0.3) is 0 Å². The van der Waals surface area contributed by atoms with E-state index in [0.717, 1.165) is 24.5 Å². The van der Waals surface area contributed by atoms with Crippen LogP contribution in [0.1, 0.15) is 16.1 Å². The van der Waals surface area contributed by atoms with Crippen molar-refractivity contribution in [2.75, 3.05) is 31.2 Å². The summed E-state index contributed by atoms with van der Waals surface area (Å²) in [6, 6.07) is 5.46. The number of nitrogens with zero attached hydrogens (tertiary/aromatic N) is 4. The Kier molecular flexibility index (Phi) is 4.55. The molecule has 1 fully saturated rings. The SMILES string of the molecule is O=C(NCc1cccnc1)c1cc(N2CCOCC2)ncn1. The summed E-state index contributed by atoms with van der Waals surface area (Å²) in [7, 11) is 0. The van der Waals surface area contributed by atoms with Crippen LogP contribution in [-0.4, -0.2) is 47.2 Å². The van der Waals surface area contributed by atoms with Crippen molar-refractivity contribution in [3.63, 3.8) is 0 Å². The first-order valence-corrected chi connectivity index (χ1v) is 7.15. The molecule has 7 nitrogen and oxygen atoms in total. The Morgan fingerprint density at radius 1 is 1.32 bits per heavy atom. The maximum absolute atomic E-state index is 12.2. The molecule has 1 aliphatic rings. The molecule has 1 saturated heterocycles. The monoisotopic (exact) mass is 299 g/mol. The molecule has 1 aliphatic heterocycles. The summed E-state index contributed by atoms with van der Waals surface area (Å²) in [5.74, 6) is 0.533. The number of amides is 1. The molecule has 3 rings (SSSR count). The zero-order valence-corrected chi connectivity index (χ0v) is 12.1. The highest BCUT2D eigenvalue weighted by atomic mass is 16.5. The number of hydrogen-bond acceptors (Lipinski definition) is 6. The van der Waals surface area contributed by atoms with Gasteiger partial charge >= 0.3 is 0 Å². The number of ether oxygens (including phenoxy) is 1. The van der Waals surface area contributed by atoms with Crippen LogP contribution in [0.2, 0.25) is 0 Å². The number of pyridine rings is 1. The lowest BCUT2D eigenvalue weighted by Crippen LogP contribution is -2.37. The summed E-state index contributed by atoms with van der Waals surface area (Å²) < 4.78 is 5.32. The van der Waals surface area contributed by atoms with Crippen molar-refractivity contribution in [1.82, 2.24) is 20.3 Å². The smallest absolute Gasteiger partial charge is 0.270 e. The van der Waals surface area contributed by atoms with Crippen LogP contribution in [0, 0.1) is 0 Å². The average Bonchev–Trinajstić information content (AvgIpc) is 2.61. The zero-order valence-electron chi connectivity index (χ0n) is 12.1. The summed E-state index contributed by atoms with van der Waals surface area (Å²) in [6.07, 6.45) is 4.84. The van der Waals surface area contributed by atoms with E-state index in [2.05, 4.69) is 25.2 Å². The lowest BCUT2D eigenvalue weighted by molar-refractivity contribution is 0.0945. The van der Waals surface area contributed by atoms with Crippen molar-refractivity contribution in [3.05, 3.63) is 48.2 Å². The Morgan fingerprint density at radius 3 is 2.95 bits per heavy atom. The van der Waals surface area contributed by atoms with Crippen molar-refractivity contribution in [1.29, 1.82) is 0 Å². The fraction of sp³-hybridized carbons (Fsp3) is 0.333. The van der Waals surface area contributed by atoms with E-state index in [0.29, 0.717) is 25.5 Å². The largest absolute Gasteiger partial charge is 0.378 e. The Labute approximate surface area is 128 Å². The predicted octanol–water partition coefficient (Wildman–Crippen LogP) is 0.638. The van der Waals surface area contributed by atoms with Gasteiger partial charge in [-0.2, -0.15) is 0 Å². The maximum atomic E-state index is 12.2. The molecule has 0 atom stereocenters. The molecule has 0 radical (unpaired) electrons. The fourth-order valence-corrected chi connectivity index (χ4v) is 2.21. The third kappa shape index (κ3) is 3.56. The van der Waals surface area contributed by atoms with Gasteiger partial charge in [-0.3, -0.25) is 9.78 Å². The van der Waals surface area contributed by atoms with E-state index >= 15 is 0 Å². The minimum absolute atomic E-state index is 0.222. The van der Waals surface area contributed by atoms with Crippen molar-refractivity contribution >= 4 is 11.7 Å². The first-order chi connectivity index (χ1) is 10.8. The van der Waals surface area contributed by atoms with Crippen LogP contribution in [0.15, 0.2) is 36.9 Å². The van der Waals surface area contributed by atoms with Gasteiger partial charge in [0.25, 0.3) is 5.91 Å². The van der Waals surface area contributed by atoms with Gasteiger partial charge in [-0.05, 0) is 11.6 Å². The number of nitrogens with one attached hydrogen (secondary N) is 1. The van der Waals surface area contributed by atoms with E-state index in [-0.39, 0.29) is 5.91 Å². The summed E-state index contributed by atoms with van der Waals surface area (Å²) >= 11 is 0. The lowest BCUT2D eigenvalue weighted by Gasteiger charge is -2.27. The molecular weight excluding hydrogens is 282 g/mol. The minimum atomic E-state index is -0.222. The second kappa shape index (κ2) is 6.95. The summed E-state index contributed by atoms with van der Waals surface area (Å²) in [5, 5.41) is 2.83. The molecule has 7 heteroatoms. The van der Waals surface area contributed by atoms with Gasteiger partial charge in [0, 0.05) is 38.1 Å². The van der Waals surface area contributed by atoms with E-state index in [1.54, 1.807) is 18.5 Å². The van der Waals surface area contributed by atoms with Gasteiger partial charge in [0.2, 0.25) is 0 Å². The highest BCUT2D eigenvalue weighted by Crippen LogP contribution is 2.12. The van der Waals surface area contributed by atoms with Gasteiger partial charge in [0.1, 0.15) is 17.8 Å². The summed E-state index contributed by atoms with van der Waals surface area (Å²) in [5.41, 5.74) is 1.30. The van der Waals surface area contributed by atoms with Gasteiger partial charge in [-0.15, -0.1) is 0 Å². The molecule has 114 valence electrons. The molecule has 0 aliphatic carbocycles. The van der Waals surface area contributed by atoms with Crippen LogP contribution in [0.3, 0.4) is 0 Å².